The summed E-state index contributed by atoms with van der Waals surface area (Å²) in [6.07, 6.45) is 8.11. The highest BCUT2D eigenvalue weighted by Crippen LogP contribution is 2.40. The lowest BCUT2D eigenvalue weighted by Gasteiger charge is -2.30. The lowest BCUT2D eigenvalue weighted by molar-refractivity contribution is 0.277. The predicted molar refractivity (Wildman–Crippen MR) is 116 cm³/mol. The number of fused-ring (bicyclic) bond motifs is 3. The molecule has 2 aromatic heterocycles. The number of anilines is 2. The minimum atomic E-state index is 0.627. The van der Waals surface area contributed by atoms with Crippen LogP contribution in [-0.2, 0) is 4.74 Å². The summed E-state index contributed by atoms with van der Waals surface area (Å²) < 4.78 is 13.3. The van der Waals surface area contributed by atoms with Gasteiger partial charge < -0.3 is 25.0 Å². The number of hydrogen-bond donors (Lipinski definition) is 2. The molecule has 0 aromatic carbocycles. The first-order valence-corrected chi connectivity index (χ1v) is 10.8. The molecule has 2 N–H and O–H groups in total. The van der Waals surface area contributed by atoms with Gasteiger partial charge >= 0.3 is 0 Å². The average Bonchev–Trinajstić information content (AvgIpc) is 3.22. The van der Waals surface area contributed by atoms with Gasteiger partial charge in [0.25, 0.3) is 0 Å². The number of ether oxygens (including phenoxy) is 2. The summed E-state index contributed by atoms with van der Waals surface area (Å²) in [4.78, 5) is 2.19. The molecule has 2 aromatic rings. The summed E-state index contributed by atoms with van der Waals surface area (Å²) in [5.41, 5.74) is 2.74. The first kappa shape index (κ1) is 19.2. The molecule has 9 nitrogen and oxygen atoms in total. The number of aromatic nitrogens is 4. The van der Waals surface area contributed by atoms with Gasteiger partial charge in [0.05, 0.1) is 19.4 Å². The van der Waals surface area contributed by atoms with Crippen LogP contribution in [0.1, 0.15) is 31.5 Å². The lowest BCUT2D eigenvalue weighted by Crippen LogP contribution is -2.33. The Labute approximate surface area is 176 Å². The van der Waals surface area contributed by atoms with Crippen molar-refractivity contribution in [1.29, 1.82) is 0 Å². The topological polar surface area (TPSA) is 88.8 Å². The van der Waals surface area contributed by atoms with Gasteiger partial charge in [0.2, 0.25) is 5.65 Å². The summed E-state index contributed by atoms with van der Waals surface area (Å²) in [5.74, 6) is 3.99. The third kappa shape index (κ3) is 3.47. The molecule has 30 heavy (non-hydrogen) atoms. The van der Waals surface area contributed by atoms with E-state index in [-0.39, 0.29) is 0 Å². The third-order valence-electron chi connectivity index (χ3n) is 6.22. The van der Waals surface area contributed by atoms with Crippen LogP contribution in [0.5, 0.6) is 5.75 Å². The fraction of sp³-hybridized carbons (Fsp3) is 0.571. The van der Waals surface area contributed by atoms with E-state index in [0.717, 1.165) is 73.4 Å². The van der Waals surface area contributed by atoms with E-state index in [9.17, 15) is 0 Å². The molecule has 2 aliphatic heterocycles. The maximum atomic E-state index is 6.07. The van der Waals surface area contributed by atoms with Gasteiger partial charge in [-0.25, -0.2) is 0 Å². The Kier molecular flexibility index (Phi) is 5.20. The highest BCUT2D eigenvalue weighted by atomic mass is 16.5. The summed E-state index contributed by atoms with van der Waals surface area (Å²) in [6, 6.07) is 0. The Morgan fingerprint density at radius 2 is 2.10 bits per heavy atom. The maximum Gasteiger partial charge on any atom is 0.222 e. The summed E-state index contributed by atoms with van der Waals surface area (Å²) in [6.45, 7) is 4.52. The second-order valence-corrected chi connectivity index (χ2v) is 8.16. The van der Waals surface area contributed by atoms with Crippen molar-refractivity contribution in [3.05, 3.63) is 23.7 Å². The lowest BCUT2D eigenvalue weighted by atomic mass is 9.98. The van der Waals surface area contributed by atoms with E-state index in [1.807, 2.05) is 10.6 Å². The van der Waals surface area contributed by atoms with Gasteiger partial charge in [0.15, 0.2) is 17.4 Å². The summed E-state index contributed by atoms with van der Waals surface area (Å²) in [5, 5.41) is 20.9. The predicted octanol–water partition coefficient (Wildman–Crippen LogP) is 2.07. The molecule has 0 amide bonds. The Hall–Kier alpha value is -2.81. The number of nitrogens with one attached hydrogen (secondary N) is 2. The van der Waals surface area contributed by atoms with Crippen LogP contribution >= 0.6 is 0 Å². The van der Waals surface area contributed by atoms with E-state index in [1.165, 1.54) is 12.8 Å². The second-order valence-electron chi connectivity index (χ2n) is 8.16. The number of likely N-dealkylation sites (N-methyl/N-ethyl adjacent to an activating group) is 1. The molecule has 1 saturated heterocycles. The molecule has 3 aliphatic rings. The molecular weight excluding hydrogens is 382 g/mol. The zero-order valence-corrected chi connectivity index (χ0v) is 17.6. The Balaban J connectivity index is 1.54. The number of methoxy groups -OCH3 is 1. The van der Waals surface area contributed by atoms with Gasteiger partial charge in [0, 0.05) is 20.0 Å². The van der Waals surface area contributed by atoms with Crippen LogP contribution in [0, 0.1) is 5.92 Å². The smallest absolute Gasteiger partial charge is 0.222 e. The van der Waals surface area contributed by atoms with Crippen LogP contribution in [0.3, 0.4) is 0 Å². The fourth-order valence-electron chi connectivity index (χ4n) is 4.38. The molecule has 0 radical (unpaired) electrons. The van der Waals surface area contributed by atoms with Crippen LogP contribution in [-0.4, -0.2) is 66.8 Å². The highest BCUT2D eigenvalue weighted by molar-refractivity contribution is 5.82. The largest absolute Gasteiger partial charge is 0.501 e. The molecular formula is C21H29N7O2. The number of piperidine rings is 1. The van der Waals surface area contributed by atoms with Gasteiger partial charge in [-0.3, -0.25) is 0 Å². The molecule has 5 rings (SSSR count). The summed E-state index contributed by atoms with van der Waals surface area (Å²) in [7, 11) is 3.78. The van der Waals surface area contributed by atoms with E-state index >= 15 is 0 Å². The fourth-order valence-corrected chi connectivity index (χ4v) is 4.38. The van der Waals surface area contributed by atoms with Crippen LogP contribution in [0.4, 0.5) is 11.5 Å². The van der Waals surface area contributed by atoms with Crippen LogP contribution in [0.15, 0.2) is 17.9 Å². The third-order valence-corrected chi connectivity index (χ3v) is 6.22. The second kappa shape index (κ2) is 8.14. The highest BCUT2D eigenvalue weighted by Gasteiger charge is 2.28. The van der Waals surface area contributed by atoms with Gasteiger partial charge in [0.1, 0.15) is 12.3 Å². The van der Waals surface area contributed by atoms with Crippen molar-refractivity contribution in [2.75, 3.05) is 57.2 Å². The Bertz CT molecular complexity index is 991. The first-order valence-electron chi connectivity index (χ1n) is 10.8. The van der Waals surface area contributed by atoms with Gasteiger partial charge in [-0.05, 0) is 49.9 Å². The molecule has 1 aliphatic carbocycles. The van der Waals surface area contributed by atoms with E-state index in [1.54, 1.807) is 7.11 Å². The van der Waals surface area contributed by atoms with Crippen LogP contribution in [0.25, 0.3) is 11.2 Å². The zero-order valence-electron chi connectivity index (χ0n) is 17.6. The van der Waals surface area contributed by atoms with E-state index < -0.39 is 0 Å². The van der Waals surface area contributed by atoms with E-state index in [0.29, 0.717) is 18.2 Å². The minimum Gasteiger partial charge on any atom is -0.501 e. The zero-order chi connectivity index (χ0) is 20.5. The van der Waals surface area contributed by atoms with Gasteiger partial charge in [-0.2, -0.15) is 4.52 Å². The van der Waals surface area contributed by atoms with Crippen molar-refractivity contribution in [2.45, 2.75) is 25.7 Å². The van der Waals surface area contributed by atoms with Crippen molar-refractivity contribution in [3.63, 3.8) is 0 Å². The van der Waals surface area contributed by atoms with E-state index in [2.05, 4.69) is 38.9 Å². The number of nitrogens with zero attached hydrogens (tertiary/aromatic N) is 5. The van der Waals surface area contributed by atoms with Crippen molar-refractivity contribution >= 4 is 22.7 Å². The normalized spacial score (nSPS) is 19.7. The van der Waals surface area contributed by atoms with Gasteiger partial charge in [-0.15, -0.1) is 15.3 Å². The van der Waals surface area contributed by atoms with Crippen molar-refractivity contribution in [2.24, 2.45) is 5.92 Å². The molecule has 0 saturated carbocycles. The standard InChI is InChI=1S/C21H29N7O2/c1-27-11-12-30-18-17(27)19(23-13-14-7-9-22-10-8-14)26-28-20(24-25-21(18)28)15-3-5-16(29-2)6-4-15/h3,5,14,22H,4,6-13H2,1-2H3,(H,23,26). The SMILES string of the molecule is COC1=CC=C(c2nnc3c4c(c(NCC5CCNCC5)nn23)N(C)CCO4)CC1. The monoisotopic (exact) mass is 411 g/mol. The molecule has 1 fully saturated rings. The van der Waals surface area contributed by atoms with E-state index in [4.69, 9.17) is 14.6 Å². The van der Waals surface area contributed by atoms with Crippen LogP contribution in [0.2, 0.25) is 0 Å². The van der Waals surface area contributed by atoms with Gasteiger partial charge in [-0.1, -0.05) is 6.08 Å². The first-order chi connectivity index (χ1) is 14.7. The number of rotatable bonds is 5. The maximum absolute atomic E-state index is 6.07. The Morgan fingerprint density at radius 3 is 2.87 bits per heavy atom. The Morgan fingerprint density at radius 1 is 1.23 bits per heavy atom. The quantitative estimate of drug-likeness (QED) is 0.773. The minimum absolute atomic E-state index is 0.627. The molecule has 160 valence electrons. The average molecular weight is 412 g/mol. The summed E-state index contributed by atoms with van der Waals surface area (Å²) >= 11 is 0. The molecule has 0 atom stereocenters. The molecule has 4 heterocycles. The number of hydrogen-bond acceptors (Lipinski definition) is 8. The number of allylic oxidation sites excluding steroid dienone is 4. The molecule has 9 heteroatoms. The molecule has 0 unspecified atom stereocenters. The van der Waals surface area contributed by atoms with Crippen molar-refractivity contribution in [3.8, 4) is 5.75 Å². The van der Waals surface area contributed by atoms with Crippen LogP contribution < -0.4 is 20.3 Å². The molecule has 0 bridgehead atoms. The molecule has 0 spiro atoms. The van der Waals surface area contributed by atoms with Crippen molar-refractivity contribution < 1.29 is 9.47 Å². The van der Waals surface area contributed by atoms with Crippen molar-refractivity contribution in [1.82, 2.24) is 25.1 Å².